The molecule has 1 fully saturated rings. The number of nitrogens with two attached hydrogens (primary N) is 1. The average Bonchev–Trinajstić information content (AvgIpc) is 2.47. The molecule has 5 nitrogen and oxygen atoms in total. The number of hydrogen-bond donors (Lipinski definition) is 2. The van der Waals surface area contributed by atoms with Crippen molar-refractivity contribution in [3.63, 3.8) is 0 Å². The number of ether oxygens (including phenoxy) is 1. The van der Waals surface area contributed by atoms with E-state index in [1.54, 1.807) is 12.3 Å². The predicted molar refractivity (Wildman–Crippen MR) is 81.8 cm³/mol. The molecule has 0 saturated carbocycles. The SMILES string of the molecule is CN1CCOC(CNc2c(F)cc(N)c3cccnc23)C1. The van der Waals surface area contributed by atoms with E-state index in [2.05, 4.69) is 22.2 Å². The van der Waals surface area contributed by atoms with Gasteiger partial charge in [-0.05, 0) is 25.2 Å². The average molecular weight is 290 g/mol. The van der Waals surface area contributed by atoms with Crippen molar-refractivity contribution >= 4 is 22.3 Å². The van der Waals surface area contributed by atoms with Crippen molar-refractivity contribution in [2.45, 2.75) is 6.10 Å². The summed E-state index contributed by atoms with van der Waals surface area (Å²) in [5, 5.41) is 3.88. The van der Waals surface area contributed by atoms with Gasteiger partial charge in [-0.2, -0.15) is 0 Å². The molecule has 21 heavy (non-hydrogen) atoms. The molecule has 1 aromatic carbocycles. The maximum absolute atomic E-state index is 14.2. The Balaban J connectivity index is 1.83. The minimum Gasteiger partial charge on any atom is -0.398 e. The molecule has 3 rings (SSSR count). The smallest absolute Gasteiger partial charge is 0.150 e. The van der Waals surface area contributed by atoms with Gasteiger partial charge in [0, 0.05) is 36.9 Å². The van der Waals surface area contributed by atoms with Crippen molar-refractivity contribution in [2.75, 3.05) is 44.3 Å². The van der Waals surface area contributed by atoms with Crippen LogP contribution >= 0.6 is 0 Å². The fourth-order valence-electron chi connectivity index (χ4n) is 2.61. The van der Waals surface area contributed by atoms with Gasteiger partial charge in [0.25, 0.3) is 0 Å². The van der Waals surface area contributed by atoms with Gasteiger partial charge in [0.1, 0.15) is 0 Å². The van der Waals surface area contributed by atoms with E-state index in [-0.39, 0.29) is 11.9 Å². The quantitative estimate of drug-likeness (QED) is 0.842. The van der Waals surface area contributed by atoms with Crippen molar-refractivity contribution < 1.29 is 9.13 Å². The summed E-state index contributed by atoms with van der Waals surface area (Å²) < 4.78 is 19.9. The molecule has 0 spiro atoms. The number of nitrogens with one attached hydrogen (secondary N) is 1. The molecule has 2 aromatic rings. The van der Waals surface area contributed by atoms with Gasteiger partial charge in [0.05, 0.1) is 23.9 Å². The Morgan fingerprint density at radius 1 is 1.57 bits per heavy atom. The second kappa shape index (κ2) is 5.83. The first kappa shape index (κ1) is 14.0. The topological polar surface area (TPSA) is 63.4 Å². The van der Waals surface area contributed by atoms with Crippen molar-refractivity contribution in [1.29, 1.82) is 0 Å². The molecule has 112 valence electrons. The van der Waals surface area contributed by atoms with Gasteiger partial charge in [-0.25, -0.2) is 4.39 Å². The number of halogens is 1. The Hall–Kier alpha value is -1.92. The molecule has 6 heteroatoms. The summed E-state index contributed by atoms with van der Waals surface area (Å²) in [7, 11) is 2.05. The second-order valence-electron chi connectivity index (χ2n) is 5.36. The van der Waals surface area contributed by atoms with Gasteiger partial charge in [-0.3, -0.25) is 4.98 Å². The van der Waals surface area contributed by atoms with Crippen LogP contribution in [-0.4, -0.2) is 49.3 Å². The van der Waals surface area contributed by atoms with E-state index in [9.17, 15) is 4.39 Å². The van der Waals surface area contributed by atoms with Crippen LogP contribution in [0.25, 0.3) is 10.9 Å². The summed E-state index contributed by atoms with van der Waals surface area (Å²) >= 11 is 0. The third-order valence-corrected chi connectivity index (χ3v) is 3.72. The lowest BCUT2D eigenvalue weighted by molar-refractivity contribution is -0.0117. The predicted octanol–water partition coefficient (Wildman–Crippen LogP) is 1.70. The molecule has 0 bridgehead atoms. The van der Waals surface area contributed by atoms with Crippen molar-refractivity contribution in [1.82, 2.24) is 9.88 Å². The van der Waals surface area contributed by atoms with Crippen LogP contribution in [0.4, 0.5) is 15.8 Å². The van der Waals surface area contributed by atoms with Gasteiger partial charge in [-0.15, -0.1) is 0 Å². The minimum absolute atomic E-state index is 0.0412. The number of anilines is 2. The maximum Gasteiger partial charge on any atom is 0.150 e. The molecule has 2 heterocycles. The van der Waals surface area contributed by atoms with E-state index in [0.717, 1.165) is 18.5 Å². The molecule has 1 aliphatic heterocycles. The number of hydrogen-bond acceptors (Lipinski definition) is 5. The van der Waals surface area contributed by atoms with Gasteiger partial charge < -0.3 is 20.7 Å². The summed E-state index contributed by atoms with van der Waals surface area (Å²) in [6.07, 6.45) is 1.68. The van der Waals surface area contributed by atoms with Crippen LogP contribution in [0.5, 0.6) is 0 Å². The van der Waals surface area contributed by atoms with Crippen LogP contribution in [0.3, 0.4) is 0 Å². The summed E-state index contributed by atoms with van der Waals surface area (Å²) in [5.41, 5.74) is 7.18. The number of nitrogen functional groups attached to an aromatic ring is 1. The minimum atomic E-state index is -0.386. The monoisotopic (exact) mass is 290 g/mol. The van der Waals surface area contributed by atoms with Crippen LogP contribution in [0.15, 0.2) is 24.4 Å². The van der Waals surface area contributed by atoms with Crippen LogP contribution in [-0.2, 0) is 4.74 Å². The fraction of sp³-hybridized carbons (Fsp3) is 0.400. The molecule has 1 aliphatic rings. The first-order chi connectivity index (χ1) is 10.1. The first-order valence-electron chi connectivity index (χ1n) is 7.02. The summed E-state index contributed by atoms with van der Waals surface area (Å²) in [6.45, 7) is 3.00. The Bertz CT molecular complexity index is 649. The highest BCUT2D eigenvalue weighted by Gasteiger charge is 2.19. The maximum atomic E-state index is 14.2. The summed E-state index contributed by atoms with van der Waals surface area (Å²) in [4.78, 5) is 6.45. The molecule has 3 N–H and O–H groups in total. The Kier molecular flexibility index (Phi) is 3.90. The zero-order valence-corrected chi connectivity index (χ0v) is 12.0. The van der Waals surface area contributed by atoms with E-state index in [4.69, 9.17) is 10.5 Å². The third-order valence-electron chi connectivity index (χ3n) is 3.72. The molecular weight excluding hydrogens is 271 g/mol. The lowest BCUT2D eigenvalue weighted by atomic mass is 10.1. The highest BCUT2D eigenvalue weighted by Crippen LogP contribution is 2.29. The lowest BCUT2D eigenvalue weighted by Gasteiger charge is -2.30. The number of aromatic nitrogens is 1. The molecule has 1 atom stereocenters. The molecule has 1 aromatic heterocycles. The van der Waals surface area contributed by atoms with Crippen molar-refractivity contribution in [3.8, 4) is 0 Å². The van der Waals surface area contributed by atoms with Crippen LogP contribution in [0.1, 0.15) is 0 Å². The first-order valence-corrected chi connectivity index (χ1v) is 7.02. The van der Waals surface area contributed by atoms with Gasteiger partial charge in [-0.1, -0.05) is 0 Å². The zero-order valence-electron chi connectivity index (χ0n) is 12.0. The summed E-state index contributed by atoms with van der Waals surface area (Å²) in [5.74, 6) is -0.386. The third kappa shape index (κ3) is 2.91. The molecule has 0 amide bonds. The lowest BCUT2D eigenvalue weighted by Crippen LogP contribution is -2.43. The van der Waals surface area contributed by atoms with Crippen molar-refractivity contribution in [3.05, 3.63) is 30.2 Å². The molecular formula is C15H19FN4O. The number of fused-ring (bicyclic) bond motifs is 1. The van der Waals surface area contributed by atoms with Crippen LogP contribution in [0, 0.1) is 5.82 Å². The largest absolute Gasteiger partial charge is 0.398 e. The Morgan fingerprint density at radius 3 is 3.24 bits per heavy atom. The van der Waals surface area contributed by atoms with E-state index < -0.39 is 0 Å². The van der Waals surface area contributed by atoms with Crippen molar-refractivity contribution in [2.24, 2.45) is 0 Å². The van der Waals surface area contributed by atoms with Crippen LogP contribution in [0.2, 0.25) is 0 Å². The van der Waals surface area contributed by atoms with E-state index >= 15 is 0 Å². The highest BCUT2D eigenvalue weighted by atomic mass is 19.1. The summed E-state index contributed by atoms with van der Waals surface area (Å²) in [6, 6.07) is 4.97. The standard InChI is InChI=1S/C15H19FN4O/c1-20-5-6-21-10(9-20)8-19-15-12(16)7-13(17)11-3-2-4-18-14(11)15/h2-4,7,10,19H,5-6,8-9,17H2,1H3. The number of pyridine rings is 1. The van der Waals surface area contributed by atoms with E-state index in [1.165, 1.54) is 6.07 Å². The van der Waals surface area contributed by atoms with E-state index in [0.29, 0.717) is 30.0 Å². The zero-order chi connectivity index (χ0) is 14.8. The molecule has 1 saturated heterocycles. The number of benzene rings is 1. The van der Waals surface area contributed by atoms with Crippen LogP contribution < -0.4 is 11.1 Å². The molecule has 0 aliphatic carbocycles. The fourth-order valence-corrected chi connectivity index (χ4v) is 2.61. The normalized spacial score (nSPS) is 19.8. The molecule has 0 radical (unpaired) electrons. The van der Waals surface area contributed by atoms with E-state index in [1.807, 2.05) is 6.07 Å². The molecule has 1 unspecified atom stereocenters. The number of rotatable bonds is 3. The number of morpholine rings is 1. The van der Waals surface area contributed by atoms with Gasteiger partial charge in [0.15, 0.2) is 5.82 Å². The Morgan fingerprint density at radius 2 is 2.43 bits per heavy atom. The Labute approximate surface area is 122 Å². The number of nitrogens with zero attached hydrogens (tertiary/aromatic N) is 2. The number of likely N-dealkylation sites (N-methyl/N-ethyl adjacent to an activating group) is 1. The highest BCUT2D eigenvalue weighted by molar-refractivity contribution is 5.98. The van der Waals surface area contributed by atoms with Gasteiger partial charge >= 0.3 is 0 Å². The van der Waals surface area contributed by atoms with Gasteiger partial charge in [0.2, 0.25) is 0 Å². The second-order valence-corrected chi connectivity index (χ2v) is 5.36.